The van der Waals surface area contributed by atoms with E-state index in [1.807, 2.05) is 32.0 Å². The topological polar surface area (TPSA) is 67.4 Å². The van der Waals surface area contributed by atoms with Crippen LogP contribution in [0.3, 0.4) is 0 Å². The first-order valence-electron chi connectivity index (χ1n) is 5.72. The number of carbonyl (C=O) groups is 2. The molecule has 0 heterocycles. The maximum atomic E-state index is 11.5. The van der Waals surface area contributed by atoms with Gasteiger partial charge in [-0.15, -0.1) is 0 Å². The second-order valence-corrected chi connectivity index (χ2v) is 4.01. The molecule has 0 aliphatic carbocycles. The number of methoxy groups -OCH3 is 1. The van der Waals surface area contributed by atoms with Crippen molar-refractivity contribution in [2.45, 2.75) is 20.3 Å². The number of urea groups is 1. The molecule has 0 fully saturated rings. The van der Waals surface area contributed by atoms with E-state index in [2.05, 4.69) is 15.4 Å². The lowest BCUT2D eigenvalue weighted by Gasteiger charge is -2.08. The van der Waals surface area contributed by atoms with Gasteiger partial charge in [0.1, 0.15) is 0 Å². The second-order valence-electron chi connectivity index (χ2n) is 4.01. The van der Waals surface area contributed by atoms with E-state index < -0.39 is 0 Å². The number of carbonyl (C=O) groups excluding carboxylic acids is 2. The smallest absolute Gasteiger partial charge is 0.319 e. The Bertz CT molecular complexity index is 444. The standard InChI is InChI=1S/C13H18N2O3/c1-9-4-5-11(8-10(9)2)15-13(17)14-7-6-12(16)18-3/h4-5,8H,6-7H2,1-3H3,(H2,14,15,17). The third kappa shape index (κ3) is 4.45. The Morgan fingerprint density at radius 1 is 1.22 bits per heavy atom. The van der Waals surface area contributed by atoms with E-state index in [0.29, 0.717) is 0 Å². The molecule has 5 heteroatoms. The molecule has 0 radical (unpaired) electrons. The normalized spacial score (nSPS) is 9.72. The van der Waals surface area contributed by atoms with Crippen LogP contribution in [0.4, 0.5) is 10.5 Å². The first kappa shape index (κ1) is 14.0. The second kappa shape index (κ2) is 6.64. The van der Waals surface area contributed by atoms with Crippen LogP contribution in [0.15, 0.2) is 18.2 Å². The van der Waals surface area contributed by atoms with Crippen molar-refractivity contribution in [1.82, 2.24) is 5.32 Å². The van der Waals surface area contributed by atoms with Crippen molar-refractivity contribution >= 4 is 17.7 Å². The number of ether oxygens (including phenoxy) is 1. The van der Waals surface area contributed by atoms with Crippen LogP contribution >= 0.6 is 0 Å². The fourth-order valence-electron chi connectivity index (χ4n) is 1.37. The molecule has 5 nitrogen and oxygen atoms in total. The van der Waals surface area contributed by atoms with Gasteiger partial charge in [-0.1, -0.05) is 6.07 Å². The van der Waals surface area contributed by atoms with E-state index in [9.17, 15) is 9.59 Å². The summed E-state index contributed by atoms with van der Waals surface area (Å²) in [6.07, 6.45) is 0.164. The molecule has 1 aromatic carbocycles. The highest BCUT2D eigenvalue weighted by Crippen LogP contribution is 2.13. The molecule has 0 saturated heterocycles. The first-order valence-corrected chi connectivity index (χ1v) is 5.72. The van der Waals surface area contributed by atoms with Crippen molar-refractivity contribution in [2.75, 3.05) is 19.0 Å². The van der Waals surface area contributed by atoms with Crippen molar-refractivity contribution in [1.29, 1.82) is 0 Å². The number of hydrogen-bond acceptors (Lipinski definition) is 3. The van der Waals surface area contributed by atoms with Gasteiger partial charge in [0.05, 0.1) is 13.5 Å². The van der Waals surface area contributed by atoms with Crippen molar-refractivity contribution < 1.29 is 14.3 Å². The predicted molar refractivity (Wildman–Crippen MR) is 69.6 cm³/mol. The molecule has 18 heavy (non-hydrogen) atoms. The zero-order chi connectivity index (χ0) is 13.5. The third-order valence-corrected chi connectivity index (χ3v) is 2.61. The van der Waals surface area contributed by atoms with Crippen LogP contribution in [-0.4, -0.2) is 25.7 Å². The fraction of sp³-hybridized carbons (Fsp3) is 0.385. The molecule has 2 N–H and O–H groups in total. The van der Waals surface area contributed by atoms with E-state index in [4.69, 9.17) is 0 Å². The van der Waals surface area contributed by atoms with Gasteiger partial charge in [-0.2, -0.15) is 0 Å². The van der Waals surface area contributed by atoms with Crippen LogP contribution in [0.2, 0.25) is 0 Å². The minimum absolute atomic E-state index is 0.164. The van der Waals surface area contributed by atoms with Gasteiger partial charge in [-0.25, -0.2) is 4.79 Å². The molecule has 0 bridgehead atoms. The highest BCUT2D eigenvalue weighted by molar-refractivity contribution is 5.89. The zero-order valence-electron chi connectivity index (χ0n) is 10.9. The molecule has 0 aliphatic heterocycles. The SMILES string of the molecule is COC(=O)CCNC(=O)Nc1ccc(C)c(C)c1. The quantitative estimate of drug-likeness (QED) is 0.803. The van der Waals surface area contributed by atoms with Gasteiger partial charge in [0.2, 0.25) is 0 Å². The van der Waals surface area contributed by atoms with Crippen LogP contribution in [0.1, 0.15) is 17.5 Å². The lowest BCUT2D eigenvalue weighted by Crippen LogP contribution is -2.30. The summed E-state index contributed by atoms with van der Waals surface area (Å²) < 4.78 is 4.47. The Morgan fingerprint density at radius 3 is 2.56 bits per heavy atom. The van der Waals surface area contributed by atoms with Gasteiger partial charge in [-0.05, 0) is 37.1 Å². The Balaban J connectivity index is 2.40. The largest absolute Gasteiger partial charge is 0.469 e. The highest BCUT2D eigenvalue weighted by atomic mass is 16.5. The summed E-state index contributed by atoms with van der Waals surface area (Å²) in [6, 6.07) is 5.35. The van der Waals surface area contributed by atoms with E-state index in [-0.39, 0.29) is 25.0 Å². The van der Waals surface area contributed by atoms with Crippen molar-refractivity contribution in [2.24, 2.45) is 0 Å². The lowest BCUT2D eigenvalue weighted by molar-refractivity contribution is -0.140. The molecule has 0 spiro atoms. The number of amides is 2. The number of anilines is 1. The molecular formula is C13H18N2O3. The van der Waals surface area contributed by atoms with Crippen molar-refractivity contribution in [3.8, 4) is 0 Å². The number of nitrogens with one attached hydrogen (secondary N) is 2. The number of rotatable bonds is 4. The van der Waals surface area contributed by atoms with Gasteiger partial charge in [0.15, 0.2) is 0 Å². The Labute approximate surface area is 107 Å². The number of benzene rings is 1. The van der Waals surface area contributed by atoms with E-state index in [0.717, 1.165) is 11.3 Å². The van der Waals surface area contributed by atoms with Gasteiger partial charge < -0.3 is 15.4 Å². The summed E-state index contributed by atoms with van der Waals surface area (Å²) in [5.41, 5.74) is 3.02. The van der Waals surface area contributed by atoms with Crippen molar-refractivity contribution in [3.63, 3.8) is 0 Å². The third-order valence-electron chi connectivity index (χ3n) is 2.61. The van der Waals surface area contributed by atoms with Gasteiger partial charge in [0, 0.05) is 12.2 Å². The van der Waals surface area contributed by atoms with Crippen LogP contribution in [-0.2, 0) is 9.53 Å². The van der Waals surface area contributed by atoms with E-state index in [1.165, 1.54) is 12.7 Å². The Kier molecular flexibility index (Phi) is 5.17. The average Bonchev–Trinajstić information content (AvgIpc) is 2.33. The molecule has 0 unspecified atom stereocenters. The molecule has 1 rings (SSSR count). The number of aryl methyl sites for hydroxylation is 2. The maximum Gasteiger partial charge on any atom is 0.319 e. The van der Waals surface area contributed by atoms with Crippen LogP contribution in [0.25, 0.3) is 0 Å². The van der Waals surface area contributed by atoms with E-state index in [1.54, 1.807) is 0 Å². The molecule has 0 aromatic heterocycles. The number of hydrogen-bond donors (Lipinski definition) is 2. The number of esters is 1. The maximum absolute atomic E-state index is 11.5. The zero-order valence-corrected chi connectivity index (χ0v) is 10.9. The first-order chi connectivity index (χ1) is 8.52. The van der Waals surface area contributed by atoms with Gasteiger partial charge >= 0.3 is 12.0 Å². The summed E-state index contributed by atoms with van der Waals surface area (Å²) in [6.45, 7) is 4.24. The highest BCUT2D eigenvalue weighted by Gasteiger charge is 2.04. The van der Waals surface area contributed by atoms with Crippen molar-refractivity contribution in [3.05, 3.63) is 29.3 Å². The molecule has 98 valence electrons. The lowest BCUT2D eigenvalue weighted by atomic mass is 10.1. The van der Waals surface area contributed by atoms with E-state index >= 15 is 0 Å². The van der Waals surface area contributed by atoms with Crippen LogP contribution in [0.5, 0.6) is 0 Å². The van der Waals surface area contributed by atoms with Crippen LogP contribution in [0, 0.1) is 13.8 Å². The molecule has 0 aliphatic rings. The molecule has 2 amide bonds. The minimum Gasteiger partial charge on any atom is -0.469 e. The van der Waals surface area contributed by atoms with Gasteiger partial charge in [0.25, 0.3) is 0 Å². The van der Waals surface area contributed by atoms with Gasteiger partial charge in [-0.3, -0.25) is 4.79 Å². The minimum atomic E-state index is -0.346. The summed E-state index contributed by atoms with van der Waals surface area (Å²) in [4.78, 5) is 22.3. The Morgan fingerprint density at radius 2 is 1.94 bits per heavy atom. The molecule has 0 atom stereocenters. The summed E-state index contributed by atoms with van der Waals surface area (Å²) in [7, 11) is 1.32. The predicted octanol–water partition coefficient (Wildman–Crippen LogP) is 1.99. The average molecular weight is 250 g/mol. The monoisotopic (exact) mass is 250 g/mol. The molecule has 0 saturated carbocycles. The molecular weight excluding hydrogens is 232 g/mol. The summed E-state index contributed by atoms with van der Waals surface area (Å²) in [5.74, 6) is -0.346. The molecule has 1 aromatic rings. The van der Waals surface area contributed by atoms with Crippen LogP contribution < -0.4 is 10.6 Å². The fourth-order valence-corrected chi connectivity index (χ4v) is 1.37. The summed E-state index contributed by atoms with van der Waals surface area (Å²) >= 11 is 0. The Hall–Kier alpha value is -2.04. The summed E-state index contributed by atoms with van der Waals surface area (Å²) in [5, 5.41) is 5.28.